The van der Waals surface area contributed by atoms with Crippen LogP contribution in [0.3, 0.4) is 0 Å². The molecule has 21 heavy (non-hydrogen) atoms. The molecule has 1 aliphatic heterocycles. The van der Waals surface area contributed by atoms with Crippen molar-refractivity contribution in [1.29, 1.82) is 5.26 Å². The summed E-state index contributed by atoms with van der Waals surface area (Å²) in [5.41, 5.74) is 0.647. The van der Waals surface area contributed by atoms with Crippen LogP contribution in [0.25, 0.3) is 11.0 Å². The van der Waals surface area contributed by atoms with Crippen molar-refractivity contribution in [2.24, 2.45) is 0 Å². The van der Waals surface area contributed by atoms with E-state index in [9.17, 15) is 10.1 Å². The lowest BCUT2D eigenvalue weighted by Crippen LogP contribution is -2.27. The van der Waals surface area contributed by atoms with Gasteiger partial charge >= 0.3 is 5.63 Å². The van der Waals surface area contributed by atoms with Crippen LogP contribution in [-0.4, -0.2) is 13.1 Å². The zero-order valence-electron chi connectivity index (χ0n) is 11.6. The van der Waals surface area contributed by atoms with Crippen molar-refractivity contribution < 1.29 is 4.42 Å². The topological polar surface area (TPSA) is 57.2 Å². The van der Waals surface area contributed by atoms with Gasteiger partial charge in [-0.15, -0.1) is 0 Å². The minimum absolute atomic E-state index is 0.0756. The molecule has 1 aromatic heterocycles. The van der Waals surface area contributed by atoms with Gasteiger partial charge in [0.1, 0.15) is 11.7 Å². The third-order valence-corrected chi connectivity index (χ3v) is 4.11. The molecule has 0 saturated carbocycles. The highest BCUT2D eigenvalue weighted by atomic mass is 35.5. The first-order valence-electron chi connectivity index (χ1n) is 7.12. The van der Waals surface area contributed by atoms with Gasteiger partial charge in [-0.1, -0.05) is 24.4 Å². The molecule has 0 N–H and O–H groups in total. The molecule has 2 heterocycles. The molecule has 0 unspecified atom stereocenters. The van der Waals surface area contributed by atoms with E-state index in [1.165, 1.54) is 12.8 Å². The molecule has 108 valence electrons. The standard InChI is InChI=1S/C16H15ClN2O2/c17-11-5-6-14-12(9-11)15(13(10-18)16(20)21-14)19-7-3-1-2-4-8-19/h5-6,9H,1-4,7-8H2. The molecule has 1 fully saturated rings. The van der Waals surface area contributed by atoms with E-state index in [1.54, 1.807) is 18.2 Å². The van der Waals surface area contributed by atoms with E-state index >= 15 is 0 Å². The highest BCUT2D eigenvalue weighted by Gasteiger charge is 2.21. The Labute approximate surface area is 127 Å². The summed E-state index contributed by atoms with van der Waals surface area (Å²) in [6.07, 6.45) is 4.48. The number of hydrogen-bond donors (Lipinski definition) is 0. The Hall–Kier alpha value is -1.99. The summed E-state index contributed by atoms with van der Waals surface area (Å²) in [4.78, 5) is 14.2. The third-order valence-electron chi connectivity index (χ3n) is 3.87. The molecule has 5 heteroatoms. The average molecular weight is 303 g/mol. The monoisotopic (exact) mass is 302 g/mol. The van der Waals surface area contributed by atoms with Crippen molar-refractivity contribution in [2.45, 2.75) is 25.7 Å². The van der Waals surface area contributed by atoms with Crippen LogP contribution in [0.1, 0.15) is 31.2 Å². The van der Waals surface area contributed by atoms with Gasteiger partial charge < -0.3 is 9.32 Å². The molecule has 1 aromatic carbocycles. The molecule has 4 nitrogen and oxygen atoms in total. The maximum atomic E-state index is 12.0. The SMILES string of the molecule is N#Cc1c(N2CCCCCC2)c2cc(Cl)ccc2oc1=O. The predicted molar refractivity (Wildman–Crippen MR) is 82.9 cm³/mol. The number of nitriles is 1. The summed E-state index contributed by atoms with van der Waals surface area (Å²) in [6, 6.07) is 7.13. The zero-order chi connectivity index (χ0) is 14.8. The van der Waals surface area contributed by atoms with Crippen LogP contribution in [0, 0.1) is 11.3 Å². The first-order valence-corrected chi connectivity index (χ1v) is 7.50. The summed E-state index contributed by atoms with van der Waals surface area (Å²) in [5, 5.41) is 10.7. The van der Waals surface area contributed by atoms with Crippen LogP contribution in [0.2, 0.25) is 5.02 Å². The second kappa shape index (κ2) is 5.79. The Morgan fingerprint density at radius 2 is 1.90 bits per heavy atom. The van der Waals surface area contributed by atoms with E-state index in [0.29, 0.717) is 16.3 Å². The van der Waals surface area contributed by atoms with Gasteiger partial charge in [0.15, 0.2) is 5.56 Å². The van der Waals surface area contributed by atoms with Gasteiger partial charge in [-0.3, -0.25) is 0 Å². The number of hydrogen-bond acceptors (Lipinski definition) is 4. The highest BCUT2D eigenvalue weighted by molar-refractivity contribution is 6.31. The Morgan fingerprint density at radius 3 is 2.57 bits per heavy atom. The summed E-state index contributed by atoms with van der Waals surface area (Å²) >= 11 is 6.08. The molecule has 1 saturated heterocycles. The van der Waals surface area contributed by atoms with Crippen LogP contribution in [0.15, 0.2) is 27.4 Å². The Balaban J connectivity index is 2.28. The van der Waals surface area contributed by atoms with E-state index < -0.39 is 5.63 Å². The van der Waals surface area contributed by atoms with E-state index in [2.05, 4.69) is 4.90 Å². The van der Waals surface area contributed by atoms with Crippen molar-refractivity contribution in [3.63, 3.8) is 0 Å². The number of nitrogens with zero attached hydrogens (tertiary/aromatic N) is 2. The smallest absolute Gasteiger partial charge is 0.356 e. The van der Waals surface area contributed by atoms with Crippen LogP contribution < -0.4 is 10.5 Å². The lowest BCUT2D eigenvalue weighted by molar-refractivity contribution is 0.557. The lowest BCUT2D eigenvalue weighted by Gasteiger charge is -2.24. The Morgan fingerprint density at radius 1 is 1.19 bits per heavy atom. The molecule has 0 aliphatic carbocycles. The van der Waals surface area contributed by atoms with Crippen LogP contribution in [0.5, 0.6) is 0 Å². The third kappa shape index (κ3) is 2.62. The van der Waals surface area contributed by atoms with Gasteiger partial charge in [0.25, 0.3) is 0 Å². The number of benzene rings is 1. The summed E-state index contributed by atoms with van der Waals surface area (Å²) in [7, 11) is 0. The van der Waals surface area contributed by atoms with Crippen molar-refractivity contribution in [2.75, 3.05) is 18.0 Å². The zero-order valence-corrected chi connectivity index (χ0v) is 12.3. The fourth-order valence-electron chi connectivity index (χ4n) is 2.88. The molecule has 2 aromatic rings. The maximum absolute atomic E-state index is 12.0. The average Bonchev–Trinajstić information content (AvgIpc) is 2.75. The summed E-state index contributed by atoms with van der Waals surface area (Å²) in [5.74, 6) is 0. The van der Waals surface area contributed by atoms with Gasteiger partial charge in [0, 0.05) is 23.5 Å². The van der Waals surface area contributed by atoms with Crippen molar-refractivity contribution >= 4 is 28.3 Å². The van der Waals surface area contributed by atoms with Gasteiger partial charge in [-0.25, -0.2) is 4.79 Å². The quantitative estimate of drug-likeness (QED) is 0.754. The van der Waals surface area contributed by atoms with Crippen molar-refractivity contribution in [1.82, 2.24) is 0 Å². The molecule has 0 spiro atoms. The summed E-state index contributed by atoms with van der Waals surface area (Å²) < 4.78 is 5.24. The lowest BCUT2D eigenvalue weighted by atomic mass is 10.1. The van der Waals surface area contributed by atoms with Crippen LogP contribution in [0.4, 0.5) is 5.69 Å². The van der Waals surface area contributed by atoms with E-state index in [-0.39, 0.29) is 5.56 Å². The van der Waals surface area contributed by atoms with E-state index in [4.69, 9.17) is 16.0 Å². The van der Waals surface area contributed by atoms with Gasteiger partial charge in [-0.05, 0) is 31.0 Å². The second-order valence-electron chi connectivity index (χ2n) is 5.27. The minimum Gasteiger partial charge on any atom is -0.422 e. The summed E-state index contributed by atoms with van der Waals surface area (Å²) in [6.45, 7) is 1.69. The molecular weight excluding hydrogens is 288 g/mol. The first kappa shape index (κ1) is 14.0. The number of halogens is 1. The predicted octanol–water partition coefficient (Wildman–Crippen LogP) is 3.70. The maximum Gasteiger partial charge on any atom is 0.356 e. The van der Waals surface area contributed by atoms with Gasteiger partial charge in [-0.2, -0.15) is 5.26 Å². The number of fused-ring (bicyclic) bond motifs is 1. The normalized spacial score (nSPS) is 15.7. The van der Waals surface area contributed by atoms with Gasteiger partial charge in [0.2, 0.25) is 0 Å². The molecule has 0 bridgehead atoms. The van der Waals surface area contributed by atoms with E-state index in [0.717, 1.165) is 31.3 Å². The molecule has 3 rings (SSSR count). The molecule has 0 amide bonds. The van der Waals surface area contributed by atoms with Crippen molar-refractivity contribution in [3.8, 4) is 6.07 Å². The second-order valence-corrected chi connectivity index (χ2v) is 5.70. The molecule has 0 radical (unpaired) electrons. The molecule has 0 atom stereocenters. The first-order chi connectivity index (χ1) is 10.2. The minimum atomic E-state index is -0.577. The van der Waals surface area contributed by atoms with Gasteiger partial charge in [0.05, 0.1) is 5.69 Å². The fraction of sp³-hybridized carbons (Fsp3) is 0.375. The Bertz CT molecular complexity index is 768. The van der Waals surface area contributed by atoms with E-state index in [1.807, 2.05) is 6.07 Å². The highest BCUT2D eigenvalue weighted by Crippen LogP contribution is 2.32. The number of rotatable bonds is 1. The van der Waals surface area contributed by atoms with Crippen LogP contribution in [-0.2, 0) is 0 Å². The number of anilines is 1. The fourth-order valence-corrected chi connectivity index (χ4v) is 3.05. The largest absolute Gasteiger partial charge is 0.422 e. The van der Waals surface area contributed by atoms with Crippen LogP contribution >= 0.6 is 11.6 Å². The Kier molecular flexibility index (Phi) is 3.85. The van der Waals surface area contributed by atoms with Crippen molar-refractivity contribution in [3.05, 3.63) is 39.2 Å². The molecular formula is C16H15ClN2O2. The molecule has 1 aliphatic rings.